The Kier molecular flexibility index (Phi) is 6.69. The zero-order valence-electron chi connectivity index (χ0n) is 20.0. The Bertz CT molecular complexity index is 852. The third-order valence-electron chi connectivity index (χ3n) is 7.29. The van der Waals surface area contributed by atoms with Crippen LogP contribution >= 0.6 is 0 Å². The Labute approximate surface area is 195 Å². The van der Waals surface area contributed by atoms with Crippen molar-refractivity contribution in [1.29, 1.82) is 0 Å². The fourth-order valence-corrected chi connectivity index (χ4v) is 5.89. The molecule has 0 aromatic heterocycles. The number of aliphatic hydroxyl groups excluding tert-OH is 1. The van der Waals surface area contributed by atoms with Gasteiger partial charge in [-0.05, 0) is 39.0 Å². The molecule has 4 heterocycles. The van der Waals surface area contributed by atoms with E-state index in [1.807, 2.05) is 52.0 Å². The van der Waals surface area contributed by atoms with Crippen LogP contribution in [0.15, 0.2) is 24.3 Å². The number of aliphatic hydroxyl groups is 1. The summed E-state index contributed by atoms with van der Waals surface area (Å²) in [5, 5.41) is 10.3. The first-order valence-electron chi connectivity index (χ1n) is 12.1. The van der Waals surface area contributed by atoms with E-state index in [0.29, 0.717) is 19.4 Å². The van der Waals surface area contributed by atoms with Crippen LogP contribution in [0.4, 0.5) is 0 Å². The number of allylic oxidation sites excluding steroid dienone is 1. The predicted molar refractivity (Wildman–Crippen MR) is 121 cm³/mol. The Morgan fingerprint density at radius 1 is 1.15 bits per heavy atom. The van der Waals surface area contributed by atoms with Crippen LogP contribution in [0.2, 0.25) is 0 Å². The molecule has 0 saturated carbocycles. The monoisotopic (exact) mass is 460 g/mol. The number of carbonyl (C=O) groups is 3. The average Bonchev–Trinajstić information content (AvgIpc) is 3.16. The molecule has 2 saturated heterocycles. The molecule has 4 rings (SSSR count). The van der Waals surface area contributed by atoms with Crippen LogP contribution in [-0.4, -0.2) is 82.3 Å². The number of rotatable bonds is 5. The molecule has 8 nitrogen and oxygen atoms in total. The molecule has 1 unspecified atom stereocenters. The summed E-state index contributed by atoms with van der Waals surface area (Å²) in [5.41, 5.74) is -1.28. The summed E-state index contributed by atoms with van der Waals surface area (Å²) < 4.78 is 12.1. The maximum atomic E-state index is 14.0. The summed E-state index contributed by atoms with van der Waals surface area (Å²) in [4.78, 5) is 44.4. The molecule has 0 aliphatic carbocycles. The largest absolute Gasteiger partial charge is 0.465 e. The van der Waals surface area contributed by atoms with Gasteiger partial charge in [-0.2, -0.15) is 0 Å². The van der Waals surface area contributed by atoms with Gasteiger partial charge >= 0.3 is 5.97 Å². The maximum Gasteiger partial charge on any atom is 0.312 e. The molecule has 0 aromatic carbocycles. The van der Waals surface area contributed by atoms with Gasteiger partial charge in [0.05, 0.1) is 31.3 Å². The van der Waals surface area contributed by atoms with Gasteiger partial charge in [-0.25, -0.2) is 0 Å². The van der Waals surface area contributed by atoms with Crippen LogP contribution in [0.1, 0.15) is 47.0 Å². The van der Waals surface area contributed by atoms with Crippen molar-refractivity contribution in [2.75, 3.05) is 19.8 Å². The lowest BCUT2D eigenvalue weighted by molar-refractivity contribution is -0.156. The molecule has 182 valence electrons. The second kappa shape index (κ2) is 9.22. The van der Waals surface area contributed by atoms with Gasteiger partial charge in [-0.15, -0.1) is 0 Å². The highest BCUT2D eigenvalue weighted by Crippen LogP contribution is 2.54. The fourth-order valence-electron chi connectivity index (χ4n) is 5.89. The first-order chi connectivity index (χ1) is 15.7. The standard InChI is InChI=1S/C25H36N2O6/c1-15(2)13-17(14-28)27-21-23(30)26(16(3)4)11-8-10-25(21)20(22(27)29)19-18(33-25)9-6-5-7-12-32-24(19)31/h6,8-10,15-21,28H,5,7,11-14H2,1-4H3/b9-6-/t17-,18+,19-,20+,21?,25+/m1/s1. The van der Waals surface area contributed by atoms with Crippen molar-refractivity contribution in [3.05, 3.63) is 24.3 Å². The summed E-state index contributed by atoms with van der Waals surface area (Å²) in [5.74, 6) is -2.50. The molecular formula is C25H36N2O6. The van der Waals surface area contributed by atoms with Gasteiger partial charge < -0.3 is 24.4 Å². The molecule has 8 heteroatoms. The highest BCUT2D eigenvalue weighted by Gasteiger charge is 2.72. The molecule has 1 spiro atoms. The number of likely N-dealkylation sites (tertiary alicyclic amines) is 1. The number of cyclic esters (lactones) is 1. The van der Waals surface area contributed by atoms with Crippen LogP contribution < -0.4 is 0 Å². The van der Waals surface area contributed by atoms with Gasteiger partial charge in [0.1, 0.15) is 17.6 Å². The zero-order valence-corrected chi connectivity index (χ0v) is 20.0. The Morgan fingerprint density at radius 3 is 2.58 bits per heavy atom. The fraction of sp³-hybridized carbons (Fsp3) is 0.720. The summed E-state index contributed by atoms with van der Waals surface area (Å²) in [6.45, 7) is 8.33. The highest BCUT2D eigenvalue weighted by atomic mass is 16.6. The second-order valence-electron chi connectivity index (χ2n) is 10.3. The lowest BCUT2D eigenvalue weighted by atomic mass is 9.78. The van der Waals surface area contributed by atoms with Gasteiger partial charge in [0.2, 0.25) is 11.8 Å². The summed E-state index contributed by atoms with van der Waals surface area (Å²) in [6.07, 6.45) is 8.87. The summed E-state index contributed by atoms with van der Waals surface area (Å²) in [7, 11) is 0. The van der Waals surface area contributed by atoms with Crippen molar-refractivity contribution in [1.82, 2.24) is 9.80 Å². The Morgan fingerprint density at radius 2 is 1.91 bits per heavy atom. The average molecular weight is 461 g/mol. The van der Waals surface area contributed by atoms with Crippen molar-refractivity contribution in [3.8, 4) is 0 Å². The van der Waals surface area contributed by atoms with Crippen molar-refractivity contribution in [2.45, 2.75) is 76.8 Å². The first-order valence-corrected chi connectivity index (χ1v) is 12.1. The molecule has 33 heavy (non-hydrogen) atoms. The predicted octanol–water partition coefficient (Wildman–Crippen LogP) is 1.67. The van der Waals surface area contributed by atoms with E-state index < -0.39 is 41.6 Å². The van der Waals surface area contributed by atoms with Crippen molar-refractivity contribution >= 4 is 17.8 Å². The normalized spacial score (nSPS) is 36.0. The highest BCUT2D eigenvalue weighted by molar-refractivity contribution is 5.99. The Balaban J connectivity index is 1.86. The number of fused-ring (bicyclic) bond motifs is 2. The quantitative estimate of drug-likeness (QED) is 0.495. The number of amides is 2. The SMILES string of the molecule is CC(C)C[C@H](CO)N1C(=O)[C@@H]2[C@@H]3C(=O)OCCC/C=C\[C@@H]3O[C@@]23C=CCN(C(C)C)C(=O)C13. The number of hydrogen-bond donors (Lipinski definition) is 1. The maximum absolute atomic E-state index is 14.0. The van der Waals surface area contributed by atoms with E-state index in [1.165, 1.54) is 4.90 Å². The van der Waals surface area contributed by atoms with E-state index in [9.17, 15) is 19.5 Å². The smallest absolute Gasteiger partial charge is 0.312 e. The molecule has 6 atom stereocenters. The molecule has 4 aliphatic heterocycles. The van der Waals surface area contributed by atoms with E-state index in [0.717, 1.165) is 6.42 Å². The van der Waals surface area contributed by atoms with Gasteiger partial charge in [-0.3, -0.25) is 14.4 Å². The molecule has 4 aliphatic rings. The topological polar surface area (TPSA) is 96.4 Å². The molecular weight excluding hydrogens is 424 g/mol. The third kappa shape index (κ3) is 3.91. The van der Waals surface area contributed by atoms with Gasteiger partial charge in [0.15, 0.2) is 0 Å². The lowest BCUT2D eigenvalue weighted by Crippen LogP contribution is -2.59. The van der Waals surface area contributed by atoms with Crippen LogP contribution in [0.3, 0.4) is 0 Å². The molecule has 1 N–H and O–H groups in total. The third-order valence-corrected chi connectivity index (χ3v) is 7.29. The van der Waals surface area contributed by atoms with E-state index in [4.69, 9.17) is 9.47 Å². The molecule has 0 radical (unpaired) electrons. The van der Waals surface area contributed by atoms with Crippen molar-refractivity contribution in [2.24, 2.45) is 17.8 Å². The van der Waals surface area contributed by atoms with E-state index in [1.54, 1.807) is 4.90 Å². The van der Waals surface area contributed by atoms with Crippen LogP contribution in [0, 0.1) is 17.8 Å². The molecule has 2 fully saturated rings. The lowest BCUT2D eigenvalue weighted by Gasteiger charge is -2.39. The molecule has 0 bridgehead atoms. The number of carbonyl (C=O) groups excluding carboxylic acids is 3. The van der Waals surface area contributed by atoms with Gasteiger partial charge in [0, 0.05) is 12.6 Å². The number of hydrogen-bond acceptors (Lipinski definition) is 6. The van der Waals surface area contributed by atoms with E-state index in [-0.39, 0.29) is 37.0 Å². The minimum absolute atomic E-state index is 0.0746. The Hall–Kier alpha value is -2.19. The van der Waals surface area contributed by atoms with Crippen LogP contribution in [0.5, 0.6) is 0 Å². The van der Waals surface area contributed by atoms with Gasteiger partial charge in [-0.1, -0.05) is 38.2 Å². The van der Waals surface area contributed by atoms with E-state index >= 15 is 0 Å². The second-order valence-corrected chi connectivity index (χ2v) is 10.3. The number of nitrogens with zero attached hydrogens (tertiary/aromatic N) is 2. The van der Waals surface area contributed by atoms with E-state index in [2.05, 4.69) is 0 Å². The van der Waals surface area contributed by atoms with Crippen molar-refractivity contribution < 1.29 is 29.0 Å². The zero-order chi connectivity index (χ0) is 23.9. The van der Waals surface area contributed by atoms with Crippen LogP contribution in [0.25, 0.3) is 0 Å². The number of ether oxygens (including phenoxy) is 2. The number of esters is 1. The minimum atomic E-state index is -1.28. The van der Waals surface area contributed by atoms with Crippen LogP contribution in [-0.2, 0) is 23.9 Å². The summed E-state index contributed by atoms with van der Waals surface area (Å²) in [6, 6.07) is -1.56. The summed E-state index contributed by atoms with van der Waals surface area (Å²) >= 11 is 0. The molecule has 0 aromatic rings. The first kappa shape index (κ1) is 24.0. The minimum Gasteiger partial charge on any atom is -0.465 e. The molecule has 2 amide bonds. The van der Waals surface area contributed by atoms with Gasteiger partial charge in [0.25, 0.3) is 0 Å². The van der Waals surface area contributed by atoms with Crippen molar-refractivity contribution in [3.63, 3.8) is 0 Å².